The maximum Gasteiger partial charge on any atom is 0.312 e. The van der Waals surface area contributed by atoms with Gasteiger partial charge in [0.05, 0.1) is 16.0 Å². The van der Waals surface area contributed by atoms with Gasteiger partial charge < -0.3 is 5.32 Å². The van der Waals surface area contributed by atoms with Crippen molar-refractivity contribution in [2.24, 2.45) is 0 Å². The highest BCUT2D eigenvalue weighted by Gasteiger charge is 2.18. The van der Waals surface area contributed by atoms with Crippen LogP contribution in [-0.2, 0) is 0 Å². The number of aryl methyl sites for hydroxylation is 1. The van der Waals surface area contributed by atoms with Crippen LogP contribution in [0, 0.1) is 17.0 Å². The molecule has 1 N–H and O–H groups in total. The van der Waals surface area contributed by atoms with Crippen LogP contribution >= 0.6 is 11.6 Å². The van der Waals surface area contributed by atoms with E-state index in [9.17, 15) is 10.1 Å². The fourth-order valence-electron chi connectivity index (χ4n) is 1.82. The summed E-state index contributed by atoms with van der Waals surface area (Å²) in [4.78, 5) is 14.5. The molecule has 1 aromatic heterocycles. The minimum atomic E-state index is -0.497. The number of hydrogen-bond acceptors (Lipinski definition) is 4. The number of anilines is 1. The highest BCUT2D eigenvalue weighted by molar-refractivity contribution is 6.30. The third-order valence-electron chi connectivity index (χ3n) is 2.96. The fourth-order valence-corrected chi connectivity index (χ4v) is 1.97. The topological polar surface area (TPSA) is 68.1 Å². The Morgan fingerprint density at radius 2 is 2.00 bits per heavy atom. The lowest BCUT2D eigenvalue weighted by molar-refractivity contribution is -0.384. The Labute approximate surface area is 121 Å². The van der Waals surface area contributed by atoms with Gasteiger partial charge >= 0.3 is 5.69 Å². The lowest BCUT2D eigenvalue weighted by atomic mass is 10.1. The van der Waals surface area contributed by atoms with Crippen molar-refractivity contribution < 1.29 is 4.92 Å². The van der Waals surface area contributed by atoms with Gasteiger partial charge in [0, 0.05) is 12.3 Å². The van der Waals surface area contributed by atoms with Crippen molar-refractivity contribution in [2.45, 2.75) is 19.9 Å². The van der Waals surface area contributed by atoms with E-state index in [-0.39, 0.29) is 22.6 Å². The minimum absolute atomic E-state index is 0.0945. The van der Waals surface area contributed by atoms with Gasteiger partial charge in [0.25, 0.3) is 0 Å². The summed E-state index contributed by atoms with van der Waals surface area (Å²) in [5.74, 6) is 0.215. The van der Waals surface area contributed by atoms with Gasteiger partial charge in [-0.1, -0.05) is 41.4 Å². The second kappa shape index (κ2) is 5.88. The summed E-state index contributed by atoms with van der Waals surface area (Å²) < 4.78 is 0. The van der Waals surface area contributed by atoms with Crippen molar-refractivity contribution >= 4 is 23.1 Å². The molecule has 2 aromatic rings. The van der Waals surface area contributed by atoms with Crippen molar-refractivity contribution in [3.63, 3.8) is 0 Å². The molecule has 20 heavy (non-hydrogen) atoms. The normalized spacial score (nSPS) is 11.9. The molecule has 104 valence electrons. The van der Waals surface area contributed by atoms with Gasteiger partial charge in [-0.25, -0.2) is 4.98 Å². The number of nitrogens with one attached hydrogen (secondary N) is 1. The van der Waals surface area contributed by atoms with E-state index in [4.69, 9.17) is 11.6 Å². The van der Waals surface area contributed by atoms with Crippen molar-refractivity contribution in [3.05, 3.63) is 62.8 Å². The van der Waals surface area contributed by atoms with Crippen molar-refractivity contribution in [1.82, 2.24) is 4.98 Å². The summed E-state index contributed by atoms with van der Waals surface area (Å²) in [5, 5.41) is 14.3. The minimum Gasteiger partial charge on any atom is -0.358 e. The fraction of sp³-hybridized carbons (Fsp3) is 0.214. The summed E-state index contributed by atoms with van der Waals surface area (Å²) >= 11 is 5.74. The first-order valence-electron chi connectivity index (χ1n) is 6.10. The zero-order chi connectivity index (χ0) is 14.7. The van der Waals surface area contributed by atoms with Crippen LogP contribution in [0.5, 0.6) is 0 Å². The maximum absolute atomic E-state index is 11.0. The molecule has 2 rings (SSSR count). The summed E-state index contributed by atoms with van der Waals surface area (Å²) in [6, 6.07) is 9.15. The molecule has 0 saturated heterocycles. The number of benzene rings is 1. The second-order valence-corrected chi connectivity index (χ2v) is 4.99. The van der Waals surface area contributed by atoms with Gasteiger partial charge in [-0.2, -0.15) is 0 Å². The molecular formula is C14H14ClN3O2. The number of nitro groups is 1. The Morgan fingerprint density at radius 1 is 1.35 bits per heavy atom. The largest absolute Gasteiger partial charge is 0.358 e. The lowest BCUT2D eigenvalue weighted by Crippen LogP contribution is -2.09. The molecule has 0 radical (unpaired) electrons. The molecule has 0 aliphatic rings. The molecule has 0 amide bonds. The van der Waals surface area contributed by atoms with E-state index in [1.165, 1.54) is 12.3 Å². The molecule has 0 spiro atoms. The Bertz CT molecular complexity index is 629. The summed E-state index contributed by atoms with van der Waals surface area (Å²) in [7, 11) is 0. The van der Waals surface area contributed by atoms with Gasteiger partial charge in [0.1, 0.15) is 0 Å². The SMILES string of the molecule is Cc1ccc(C(C)Nc2ncc(Cl)cc2[N+](=O)[O-])cc1. The van der Waals surface area contributed by atoms with Crippen LogP contribution in [0.1, 0.15) is 24.1 Å². The van der Waals surface area contributed by atoms with E-state index in [0.29, 0.717) is 0 Å². The zero-order valence-electron chi connectivity index (χ0n) is 11.1. The van der Waals surface area contributed by atoms with E-state index in [0.717, 1.165) is 11.1 Å². The first kappa shape index (κ1) is 14.3. The summed E-state index contributed by atoms with van der Waals surface area (Å²) in [5.41, 5.74) is 2.06. The Hall–Kier alpha value is -2.14. The zero-order valence-corrected chi connectivity index (χ0v) is 11.9. The molecule has 1 unspecified atom stereocenters. The summed E-state index contributed by atoms with van der Waals surface area (Å²) in [6.07, 6.45) is 1.39. The molecule has 0 aliphatic heterocycles. The first-order valence-corrected chi connectivity index (χ1v) is 6.48. The molecule has 0 saturated carbocycles. The lowest BCUT2D eigenvalue weighted by Gasteiger charge is -2.15. The molecular weight excluding hydrogens is 278 g/mol. The number of rotatable bonds is 4. The van der Waals surface area contributed by atoms with Crippen LogP contribution in [0.4, 0.5) is 11.5 Å². The third kappa shape index (κ3) is 3.24. The molecule has 1 atom stereocenters. The monoisotopic (exact) mass is 291 g/mol. The van der Waals surface area contributed by atoms with Crippen molar-refractivity contribution in [3.8, 4) is 0 Å². The molecule has 0 fully saturated rings. The molecule has 0 bridgehead atoms. The van der Waals surface area contributed by atoms with Crippen LogP contribution < -0.4 is 5.32 Å². The average molecular weight is 292 g/mol. The second-order valence-electron chi connectivity index (χ2n) is 4.56. The standard InChI is InChI=1S/C14H14ClN3O2/c1-9-3-5-11(6-4-9)10(2)17-14-13(18(19)20)7-12(15)8-16-14/h3-8,10H,1-2H3,(H,16,17). The molecule has 1 aromatic carbocycles. The van der Waals surface area contributed by atoms with E-state index in [1.807, 2.05) is 38.1 Å². The van der Waals surface area contributed by atoms with Gasteiger partial charge in [0.15, 0.2) is 0 Å². The number of pyridine rings is 1. The molecule has 1 heterocycles. The van der Waals surface area contributed by atoms with Crippen molar-refractivity contribution in [2.75, 3.05) is 5.32 Å². The van der Waals surface area contributed by atoms with E-state index < -0.39 is 4.92 Å². The maximum atomic E-state index is 11.0. The van der Waals surface area contributed by atoms with Gasteiger partial charge in [-0.3, -0.25) is 10.1 Å². The van der Waals surface area contributed by atoms with Crippen LogP contribution in [0.3, 0.4) is 0 Å². The quantitative estimate of drug-likeness (QED) is 0.679. The number of halogens is 1. The third-order valence-corrected chi connectivity index (χ3v) is 3.17. The first-order chi connectivity index (χ1) is 9.47. The van der Waals surface area contributed by atoms with Gasteiger partial charge in [-0.05, 0) is 19.4 Å². The predicted molar refractivity (Wildman–Crippen MR) is 79.1 cm³/mol. The summed E-state index contributed by atoms with van der Waals surface area (Å²) in [6.45, 7) is 3.93. The number of nitrogens with zero attached hydrogens (tertiary/aromatic N) is 2. The Morgan fingerprint density at radius 3 is 2.60 bits per heavy atom. The van der Waals surface area contributed by atoms with Gasteiger partial charge in [0.2, 0.25) is 5.82 Å². The van der Waals surface area contributed by atoms with Crippen LogP contribution in [0.25, 0.3) is 0 Å². The van der Waals surface area contributed by atoms with Crippen molar-refractivity contribution in [1.29, 1.82) is 0 Å². The predicted octanol–water partition coefficient (Wildman–Crippen LogP) is 4.12. The smallest absolute Gasteiger partial charge is 0.312 e. The highest BCUT2D eigenvalue weighted by Crippen LogP contribution is 2.28. The van der Waals surface area contributed by atoms with Crippen LogP contribution in [-0.4, -0.2) is 9.91 Å². The van der Waals surface area contributed by atoms with E-state index in [1.54, 1.807) is 0 Å². The Kier molecular flexibility index (Phi) is 4.20. The molecule has 0 aliphatic carbocycles. The van der Waals surface area contributed by atoms with E-state index >= 15 is 0 Å². The Balaban J connectivity index is 2.25. The number of hydrogen-bond donors (Lipinski definition) is 1. The molecule has 6 heteroatoms. The van der Waals surface area contributed by atoms with Crippen LogP contribution in [0.15, 0.2) is 36.5 Å². The van der Waals surface area contributed by atoms with Gasteiger partial charge in [-0.15, -0.1) is 0 Å². The average Bonchev–Trinajstić information content (AvgIpc) is 2.41. The highest BCUT2D eigenvalue weighted by atomic mass is 35.5. The molecule has 5 nitrogen and oxygen atoms in total. The van der Waals surface area contributed by atoms with Crippen LogP contribution in [0.2, 0.25) is 5.02 Å². The number of aromatic nitrogens is 1. The van der Waals surface area contributed by atoms with E-state index in [2.05, 4.69) is 10.3 Å².